The van der Waals surface area contributed by atoms with Gasteiger partial charge in [-0.2, -0.15) is 13.2 Å². The number of benzene rings is 1. The molecule has 0 saturated heterocycles. The van der Waals surface area contributed by atoms with Gasteiger partial charge in [-0.1, -0.05) is 23.8 Å². The zero-order valence-corrected chi connectivity index (χ0v) is 15.8. The summed E-state index contributed by atoms with van der Waals surface area (Å²) < 4.78 is 45.8. The van der Waals surface area contributed by atoms with Crippen LogP contribution in [0.15, 0.2) is 72.7 Å². The van der Waals surface area contributed by atoms with Crippen molar-refractivity contribution in [3.8, 4) is 11.6 Å². The molecule has 0 radical (unpaired) electrons. The topological polar surface area (TPSA) is 27.1 Å². The van der Waals surface area contributed by atoms with Gasteiger partial charge in [0.05, 0.1) is 5.56 Å². The fourth-order valence-electron chi connectivity index (χ4n) is 3.64. The van der Waals surface area contributed by atoms with Crippen molar-refractivity contribution in [2.24, 2.45) is 0 Å². The average molecular weight is 398 g/mol. The van der Waals surface area contributed by atoms with Gasteiger partial charge in [0.25, 0.3) is 0 Å². The smallest absolute Gasteiger partial charge is 0.417 e. The molecule has 4 rings (SSSR count). The van der Waals surface area contributed by atoms with Crippen LogP contribution in [-0.4, -0.2) is 9.55 Å². The minimum absolute atomic E-state index is 0.134. The van der Waals surface area contributed by atoms with E-state index in [0.717, 1.165) is 43.5 Å². The molecule has 29 heavy (non-hydrogen) atoms. The zero-order valence-electron chi connectivity index (χ0n) is 15.8. The highest BCUT2D eigenvalue weighted by atomic mass is 19.4. The summed E-state index contributed by atoms with van der Waals surface area (Å²) in [6.07, 6.45) is 7.13. The van der Waals surface area contributed by atoms with Crippen LogP contribution in [-0.2, 0) is 6.18 Å². The Kier molecular flexibility index (Phi) is 5.43. The Morgan fingerprint density at radius 2 is 1.76 bits per heavy atom. The van der Waals surface area contributed by atoms with Gasteiger partial charge in [0, 0.05) is 30.7 Å². The van der Waals surface area contributed by atoms with Crippen molar-refractivity contribution in [1.82, 2.24) is 9.55 Å². The molecule has 150 valence electrons. The Hall–Kier alpha value is -3.02. The molecule has 3 aromatic rings. The molecule has 0 bridgehead atoms. The summed E-state index contributed by atoms with van der Waals surface area (Å²) in [5, 5.41) is 0. The van der Waals surface area contributed by atoms with Gasteiger partial charge in [-0.3, -0.25) is 0 Å². The van der Waals surface area contributed by atoms with Gasteiger partial charge in [0.2, 0.25) is 5.88 Å². The minimum atomic E-state index is -4.40. The second-order valence-electron chi connectivity index (χ2n) is 7.22. The lowest BCUT2D eigenvalue weighted by atomic mass is 9.89. The Bertz CT molecular complexity index is 966. The Labute approximate surface area is 167 Å². The minimum Gasteiger partial charge on any atom is -0.439 e. The van der Waals surface area contributed by atoms with Crippen molar-refractivity contribution >= 4 is 6.08 Å². The monoisotopic (exact) mass is 398 g/mol. The molecule has 0 spiro atoms. The van der Waals surface area contributed by atoms with Gasteiger partial charge in [0.1, 0.15) is 5.75 Å². The van der Waals surface area contributed by atoms with Crippen molar-refractivity contribution in [2.45, 2.75) is 37.9 Å². The number of hydrogen-bond donors (Lipinski definition) is 0. The van der Waals surface area contributed by atoms with E-state index in [9.17, 15) is 13.2 Å². The summed E-state index contributed by atoms with van der Waals surface area (Å²) in [5.41, 5.74) is 1.63. The first-order valence-electron chi connectivity index (χ1n) is 9.60. The molecule has 1 aliphatic rings. The van der Waals surface area contributed by atoms with Gasteiger partial charge in [0.15, 0.2) is 0 Å². The first-order chi connectivity index (χ1) is 14.0. The quantitative estimate of drug-likeness (QED) is 0.478. The van der Waals surface area contributed by atoms with E-state index < -0.39 is 11.7 Å². The number of allylic oxidation sites excluding steroid dienone is 1. The number of nitrogens with zero attached hydrogens (tertiary/aromatic N) is 2. The van der Waals surface area contributed by atoms with Crippen LogP contribution in [0.2, 0.25) is 0 Å². The van der Waals surface area contributed by atoms with E-state index in [1.54, 1.807) is 6.07 Å². The van der Waals surface area contributed by atoms with E-state index >= 15 is 0 Å². The van der Waals surface area contributed by atoms with Crippen molar-refractivity contribution < 1.29 is 17.9 Å². The van der Waals surface area contributed by atoms with Crippen LogP contribution < -0.4 is 4.74 Å². The number of ether oxygens (including phenoxy) is 1. The van der Waals surface area contributed by atoms with E-state index in [1.807, 2.05) is 18.2 Å². The zero-order chi connectivity index (χ0) is 20.3. The van der Waals surface area contributed by atoms with Crippen molar-refractivity contribution in [3.63, 3.8) is 0 Å². The summed E-state index contributed by atoms with van der Waals surface area (Å²) in [6.45, 7) is 0. The van der Waals surface area contributed by atoms with E-state index in [1.165, 1.54) is 11.6 Å². The van der Waals surface area contributed by atoms with Gasteiger partial charge in [-0.05, 0) is 61.6 Å². The second kappa shape index (κ2) is 8.15. The summed E-state index contributed by atoms with van der Waals surface area (Å²) in [4.78, 5) is 3.76. The summed E-state index contributed by atoms with van der Waals surface area (Å²) >= 11 is 0. The fraction of sp³-hybridized carbons (Fsp3) is 0.261. The van der Waals surface area contributed by atoms with Gasteiger partial charge in [-0.15, -0.1) is 0 Å². The van der Waals surface area contributed by atoms with Crippen LogP contribution in [0.25, 0.3) is 6.08 Å². The van der Waals surface area contributed by atoms with Crippen molar-refractivity contribution in [2.75, 3.05) is 0 Å². The maximum absolute atomic E-state index is 12.6. The Morgan fingerprint density at radius 3 is 2.41 bits per heavy atom. The van der Waals surface area contributed by atoms with Crippen LogP contribution in [0.5, 0.6) is 11.6 Å². The summed E-state index contributed by atoms with van der Waals surface area (Å²) in [6, 6.07) is 14.4. The Morgan fingerprint density at radius 1 is 1.00 bits per heavy atom. The predicted molar refractivity (Wildman–Crippen MR) is 106 cm³/mol. The molecule has 2 aromatic heterocycles. The number of aromatic nitrogens is 2. The molecule has 1 fully saturated rings. The molecular weight excluding hydrogens is 377 g/mol. The molecular formula is C23H21F3N2O. The van der Waals surface area contributed by atoms with E-state index in [-0.39, 0.29) is 5.88 Å². The molecule has 0 atom stereocenters. The highest BCUT2D eigenvalue weighted by Gasteiger charge is 2.30. The molecule has 6 heteroatoms. The highest BCUT2D eigenvalue weighted by Crippen LogP contribution is 2.33. The second-order valence-corrected chi connectivity index (χ2v) is 7.22. The molecule has 0 amide bonds. The number of halogens is 3. The lowest BCUT2D eigenvalue weighted by Gasteiger charge is -2.25. The standard InChI is InChI=1S/C23H21F3N2O/c24-23(25,26)19-8-11-22(27-16-19)29-21-5-3-4-18(15-21)14-17-6-9-20(10-7-17)28-12-1-2-13-28/h1-5,8,11-16,20H,6-7,9-10H2. The third-order valence-electron chi connectivity index (χ3n) is 5.16. The van der Waals surface area contributed by atoms with Crippen LogP contribution in [0.3, 0.4) is 0 Å². The number of rotatable bonds is 4. The van der Waals surface area contributed by atoms with Crippen LogP contribution in [0.1, 0.15) is 42.9 Å². The van der Waals surface area contributed by atoms with E-state index in [2.05, 4.69) is 40.2 Å². The predicted octanol–water partition coefficient (Wildman–Crippen LogP) is 6.89. The SMILES string of the molecule is FC(F)(F)c1ccc(Oc2cccc(C=C3CCC(n4cccc4)CC3)c2)nc1. The van der Waals surface area contributed by atoms with E-state index in [4.69, 9.17) is 4.74 Å². The first kappa shape index (κ1) is 19.3. The molecule has 2 heterocycles. The molecule has 0 unspecified atom stereocenters. The Balaban J connectivity index is 1.40. The number of hydrogen-bond acceptors (Lipinski definition) is 2. The first-order valence-corrected chi connectivity index (χ1v) is 9.60. The maximum Gasteiger partial charge on any atom is 0.417 e. The molecule has 1 saturated carbocycles. The third kappa shape index (κ3) is 4.88. The van der Waals surface area contributed by atoms with Gasteiger partial charge in [-0.25, -0.2) is 4.98 Å². The number of alkyl halides is 3. The largest absolute Gasteiger partial charge is 0.439 e. The molecule has 1 aromatic carbocycles. The lowest BCUT2D eigenvalue weighted by molar-refractivity contribution is -0.137. The maximum atomic E-state index is 12.6. The van der Waals surface area contributed by atoms with Crippen LogP contribution >= 0.6 is 0 Å². The lowest BCUT2D eigenvalue weighted by Crippen LogP contribution is -2.12. The molecule has 0 aliphatic heterocycles. The van der Waals surface area contributed by atoms with Crippen LogP contribution in [0, 0.1) is 0 Å². The van der Waals surface area contributed by atoms with Crippen molar-refractivity contribution in [3.05, 3.63) is 83.8 Å². The summed E-state index contributed by atoms with van der Waals surface area (Å²) in [5.74, 6) is 0.683. The van der Waals surface area contributed by atoms with Gasteiger partial charge >= 0.3 is 6.18 Å². The molecule has 0 N–H and O–H groups in total. The van der Waals surface area contributed by atoms with Crippen molar-refractivity contribution in [1.29, 1.82) is 0 Å². The number of pyridine rings is 1. The van der Waals surface area contributed by atoms with Crippen LogP contribution in [0.4, 0.5) is 13.2 Å². The average Bonchev–Trinajstić information content (AvgIpc) is 3.23. The van der Waals surface area contributed by atoms with E-state index in [0.29, 0.717) is 11.8 Å². The molecule has 3 nitrogen and oxygen atoms in total. The highest BCUT2D eigenvalue weighted by molar-refractivity contribution is 5.55. The normalized spacial score (nSPS) is 17.2. The summed E-state index contributed by atoms with van der Waals surface area (Å²) in [7, 11) is 0. The fourth-order valence-corrected chi connectivity index (χ4v) is 3.64. The van der Waals surface area contributed by atoms with Gasteiger partial charge < -0.3 is 9.30 Å². The third-order valence-corrected chi connectivity index (χ3v) is 5.16. The molecule has 1 aliphatic carbocycles.